The fourth-order valence-electron chi connectivity index (χ4n) is 1.55. The van der Waals surface area contributed by atoms with E-state index in [2.05, 4.69) is 4.72 Å². The molecule has 1 aromatic carbocycles. The number of nitrogen functional groups attached to an aromatic ring is 1. The quantitative estimate of drug-likeness (QED) is 0.485. The first kappa shape index (κ1) is 14.0. The number of nitro groups is 1. The van der Waals surface area contributed by atoms with Gasteiger partial charge in [-0.05, 0) is 24.3 Å². The molecule has 1 heterocycles. The minimum absolute atomic E-state index is 0.110. The Morgan fingerprint density at radius 2 is 2.10 bits per heavy atom. The van der Waals surface area contributed by atoms with Gasteiger partial charge in [0, 0.05) is 11.8 Å². The van der Waals surface area contributed by atoms with Gasteiger partial charge in [-0.3, -0.25) is 10.1 Å². The van der Waals surface area contributed by atoms with Crippen LogP contribution in [0.1, 0.15) is 5.76 Å². The Morgan fingerprint density at radius 3 is 2.70 bits per heavy atom. The van der Waals surface area contributed by atoms with E-state index in [-0.39, 0.29) is 12.2 Å². The molecule has 0 unspecified atom stereocenters. The third-order valence-electron chi connectivity index (χ3n) is 2.49. The lowest BCUT2D eigenvalue weighted by atomic mass is 10.3. The van der Waals surface area contributed by atoms with Crippen molar-refractivity contribution < 1.29 is 17.8 Å². The molecular weight excluding hydrogens is 286 g/mol. The fourth-order valence-corrected chi connectivity index (χ4v) is 2.75. The van der Waals surface area contributed by atoms with Crippen molar-refractivity contribution in [2.75, 3.05) is 5.73 Å². The van der Waals surface area contributed by atoms with E-state index in [1.807, 2.05) is 0 Å². The minimum atomic E-state index is -4.07. The lowest BCUT2D eigenvalue weighted by molar-refractivity contribution is -0.387. The maximum Gasteiger partial charge on any atom is 0.289 e. The summed E-state index contributed by atoms with van der Waals surface area (Å²) in [7, 11) is -4.07. The molecule has 0 aliphatic heterocycles. The average Bonchev–Trinajstić information content (AvgIpc) is 2.89. The molecule has 2 rings (SSSR count). The van der Waals surface area contributed by atoms with Crippen LogP contribution in [0.5, 0.6) is 0 Å². The first-order valence-electron chi connectivity index (χ1n) is 5.46. The van der Waals surface area contributed by atoms with Gasteiger partial charge in [0.25, 0.3) is 5.69 Å². The molecule has 0 fully saturated rings. The number of nitrogens with one attached hydrogen (secondary N) is 1. The average molecular weight is 297 g/mol. The van der Waals surface area contributed by atoms with Crippen LogP contribution in [0, 0.1) is 10.1 Å². The maximum absolute atomic E-state index is 12.1. The summed E-state index contributed by atoms with van der Waals surface area (Å²) in [5, 5.41) is 10.9. The highest BCUT2D eigenvalue weighted by molar-refractivity contribution is 7.89. The molecule has 0 atom stereocenters. The number of hydrogen-bond donors (Lipinski definition) is 2. The molecule has 0 bridgehead atoms. The highest BCUT2D eigenvalue weighted by atomic mass is 32.2. The number of sulfonamides is 1. The number of benzene rings is 1. The molecule has 3 N–H and O–H groups in total. The molecule has 2 aromatic rings. The van der Waals surface area contributed by atoms with Crippen LogP contribution >= 0.6 is 0 Å². The molecule has 8 nitrogen and oxygen atoms in total. The van der Waals surface area contributed by atoms with E-state index in [4.69, 9.17) is 10.2 Å². The van der Waals surface area contributed by atoms with Gasteiger partial charge in [-0.2, -0.15) is 0 Å². The van der Waals surface area contributed by atoms with E-state index < -0.39 is 25.5 Å². The van der Waals surface area contributed by atoms with Crippen molar-refractivity contribution in [3.05, 3.63) is 52.5 Å². The SMILES string of the molecule is Nc1ccc([N+](=O)[O-])c(S(=O)(=O)NCc2ccco2)c1. The summed E-state index contributed by atoms with van der Waals surface area (Å²) in [6.45, 7) is -0.110. The van der Waals surface area contributed by atoms with E-state index in [0.29, 0.717) is 5.76 Å². The van der Waals surface area contributed by atoms with Crippen LogP contribution in [0.4, 0.5) is 11.4 Å². The number of nitrogens with two attached hydrogens (primary N) is 1. The standard InChI is InChI=1S/C11H11N3O5S/c12-8-3-4-10(14(15)16)11(6-8)20(17,18)13-7-9-2-1-5-19-9/h1-6,13H,7,12H2. The predicted octanol–water partition coefficient (Wildman–Crippen LogP) is 1.25. The van der Waals surface area contributed by atoms with Crippen molar-refractivity contribution in [2.24, 2.45) is 0 Å². The highest BCUT2D eigenvalue weighted by Gasteiger charge is 2.25. The lowest BCUT2D eigenvalue weighted by Gasteiger charge is -2.06. The molecule has 0 aliphatic rings. The van der Waals surface area contributed by atoms with Gasteiger partial charge in [-0.1, -0.05) is 0 Å². The van der Waals surface area contributed by atoms with Gasteiger partial charge < -0.3 is 10.2 Å². The Labute approximate surface area is 114 Å². The highest BCUT2D eigenvalue weighted by Crippen LogP contribution is 2.25. The molecular formula is C11H11N3O5S. The summed E-state index contributed by atoms with van der Waals surface area (Å²) in [4.78, 5) is 9.61. The second-order valence-electron chi connectivity index (χ2n) is 3.89. The van der Waals surface area contributed by atoms with E-state index in [9.17, 15) is 18.5 Å². The largest absolute Gasteiger partial charge is 0.468 e. The van der Waals surface area contributed by atoms with Gasteiger partial charge in [0.1, 0.15) is 5.76 Å². The Hall–Kier alpha value is -2.39. The monoisotopic (exact) mass is 297 g/mol. The number of nitrogens with zero attached hydrogens (tertiary/aromatic N) is 1. The molecule has 20 heavy (non-hydrogen) atoms. The third kappa shape index (κ3) is 2.95. The zero-order chi connectivity index (χ0) is 14.8. The van der Waals surface area contributed by atoms with E-state index in [0.717, 1.165) is 12.1 Å². The van der Waals surface area contributed by atoms with Gasteiger partial charge in [0.05, 0.1) is 17.7 Å². The van der Waals surface area contributed by atoms with Crippen molar-refractivity contribution >= 4 is 21.4 Å². The Bertz CT molecular complexity index is 725. The minimum Gasteiger partial charge on any atom is -0.468 e. The van der Waals surface area contributed by atoms with E-state index in [1.54, 1.807) is 12.1 Å². The number of rotatable bonds is 5. The van der Waals surface area contributed by atoms with Crippen molar-refractivity contribution in [1.29, 1.82) is 0 Å². The van der Waals surface area contributed by atoms with Crippen LogP contribution in [-0.2, 0) is 16.6 Å². The first-order chi connectivity index (χ1) is 9.40. The normalized spacial score (nSPS) is 11.4. The number of hydrogen-bond acceptors (Lipinski definition) is 6. The summed E-state index contributed by atoms with van der Waals surface area (Å²) in [5.41, 5.74) is 5.07. The first-order valence-corrected chi connectivity index (χ1v) is 6.94. The second kappa shape index (κ2) is 5.31. The van der Waals surface area contributed by atoms with Crippen LogP contribution in [-0.4, -0.2) is 13.3 Å². The molecule has 0 spiro atoms. The predicted molar refractivity (Wildman–Crippen MR) is 70.2 cm³/mol. The van der Waals surface area contributed by atoms with Crippen LogP contribution in [0.15, 0.2) is 45.9 Å². The molecule has 0 radical (unpaired) electrons. The third-order valence-corrected chi connectivity index (χ3v) is 3.92. The molecule has 106 valence electrons. The fraction of sp³-hybridized carbons (Fsp3) is 0.0909. The van der Waals surface area contributed by atoms with Crippen LogP contribution in [0.3, 0.4) is 0 Å². The molecule has 9 heteroatoms. The van der Waals surface area contributed by atoms with Crippen molar-refractivity contribution in [3.63, 3.8) is 0 Å². The van der Waals surface area contributed by atoms with Gasteiger partial charge in [0.2, 0.25) is 10.0 Å². The van der Waals surface area contributed by atoms with Crippen LogP contribution < -0.4 is 10.5 Å². The smallest absolute Gasteiger partial charge is 0.289 e. The topological polar surface area (TPSA) is 128 Å². The molecule has 0 amide bonds. The lowest BCUT2D eigenvalue weighted by Crippen LogP contribution is -2.24. The molecule has 1 aromatic heterocycles. The Balaban J connectivity index is 2.33. The number of furan rings is 1. The van der Waals surface area contributed by atoms with Gasteiger partial charge in [-0.15, -0.1) is 0 Å². The van der Waals surface area contributed by atoms with E-state index in [1.165, 1.54) is 12.3 Å². The van der Waals surface area contributed by atoms with Gasteiger partial charge in [0.15, 0.2) is 4.90 Å². The van der Waals surface area contributed by atoms with Gasteiger partial charge in [-0.25, -0.2) is 13.1 Å². The van der Waals surface area contributed by atoms with Gasteiger partial charge >= 0.3 is 0 Å². The summed E-state index contributed by atoms with van der Waals surface area (Å²) < 4.78 is 31.4. The zero-order valence-electron chi connectivity index (χ0n) is 10.1. The van der Waals surface area contributed by atoms with E-state index >= 15 is 0 Å². The number of anilines is 1. The van der Waals surface area contributed by atoms with Crippen molar-refractivity contribution in [2.45, 2.75) is 11.4 Å². The zero-order valence-corrected chi connectivity index (χ0v) is 11.0. The second-order valence-corrected chi connectivity index (χ2v) is 5.62. The van der Waals surface area contributed by atoms with Crippen molar-refractivity contribution in [3.8, 4) is 0 Å². The summed E-state index contributed by atoms with van der Waals surface area (Å²) in [6, 6.07) is 6.55. The van der Waals surface area contributed by atoms with Crippen molar-refractivity contribution in [1.82, 2.24) is 4.72 Å². The summed E-state index contributed by atoms with van der Waals surface area (Å²) in [6.07, 6.45) is 1.40. The molecule has 0 saturated carbocycles. The molecule has 0 aliphatic carbocycles. The summed E-state index contributed by atoms with van der Waals surface area (Å²) in [5.74, 6) is 0.389. The van der Waals surface area contributed by atoms with Crippen LogP contribution in [0.25, 0.3) is 0 Å². The van der Waals surface area contributed by atoms with Crippen LogP contribution in [0.2, 0.25) is 0 Å². The molecule has 0 saturated heterocycles. The number of nitro benzene ring substituents is 1. The Morgan fingerprint density at radius 1 is 1.35 bits per heavy atom. The Kier molecular flexibility index (Phi) is 3.72. The maximum atomic E-state index is 12.1. The summed E-state index contributed by atoms with van der Waals surface area (Å²) >= 11 is 0.